The van der Waals surface area contributed by atoms with Gasteiger partial charge in [0.05, 0.1) is 0 Å². The van der Waals surface area contributed by atoms with E-state index in [4.69, 9.17) is 0 Å². The molecule has 0 spiro atoms. The van der Waals surface area contributed by atoms with Crippen LogP contribution in [0.2, 0.25) is 0 Å². The molecule has 0 saturated heterocycles. The van der Waals surface area contributed by atoms with Crippen molar-refractivity contribution in [3.05, 3.63) is 36.2 Å². The maximum atomic E-state index is 4.23. The van der Waals surface area contributed by atoms with E-state index in [1.165, 1.54) is 6.33 Å². The van der Waals surface area contributed by atoms with Gasteiger partial charge in [-0.05, 0) is 32.4 Å². The molecular weight excluding hydrogens is 391 g/mol. The van der Waals surface area contributed by atoms with E-state index in [-0.39, 0.29) is 29.5 Å². The first kappa shape index (κ1) is 18.4. The second-order valence-electron chi connectivity index (χ2n) is 5.84. The second-order valence-corrected chi connectivity index (χ2v) is 5.84. The number of aromatic amines is 1. The molecule has 0 aliphatic carbocycles. The van der Waals surface area contributed by atoms with Gasteiger partial charge in [-0.1, -0.05) is 18.2 Å². The highest BCUT2D eigenvalue weighted by Crippen LogP contribution is 2.15. The molecule has 0 aliphatic rings. The third-order valence-electron chi connectivity index (χ3n) is 2.79. The standard InChI is InChI=1S/C15H22N6.HI/c1-15(2,3)20-14(16-4)17-9-11-6-5-7-12(8-11)13-18-10-19-21-13;/h5-8,10H,9H2,1-4H3,(H2,16,17,20)(H,18,19,21);1H. The Bertz CT molecular complexity index is 601. The van der Waals surface area contributed by atoms with Gasteiger partial charge in [0, 0.05) is 24.7 Å². The molecule has 0 fully saturated rings. The van der Waals surface area contributed by atoms with Crippen molar-refractivity contribution in [3.8, 4) is 11.4 Å². The van der Waals surface area contributed by atoms with Crippen LogP contribution in [0.1, 0.15) is 26.3 Å². The maximum absolute atomic E-state index is 4.23. The number of nitrogens with one attached hydrogen (secondary N) is 3. The SMILES string of the molecule is CN=C(NCc1cccc(-c2ncn[nH]2)c1)NC(C)(C)C.I. The summed E-state index contributed by atoms with van der Waals surface area (Å²) >= 11 is 0. The van der Waals surface area contributed by atoms with E-state index in [9.17, 15) is 0 Å². The van der Waals surface area contributed by atoms with Crippen LogP contribution >= 0.6 is 24.0 Å². The Morgan fingerprint density at radius 1 is 1.32 bits per heavy atom. The maximum Gasteiger partial charge on any atom is 0.191 e. The Morgan fingerprint density at radius 2 is 2.09 bits per heavy atom. The van der Waals surface area contributed by atoms with Crippen LogP contribution in [0.4, 0.5) is 0 Å². The van der Waals surface area contributed by atoms with Crippen molar-refractivity contribution in [3.63, 3.8) is 0 Å². The monoisotopic (exact) mass is 414 g/mol. The third-order valence-corrected chi connectivity index (χ3v) is 2.79. The Labute approximate surface area is 148 Å². The van der Waals surface area contributed by atoms with Crippen LogP contribution in [0.25, 0.3) is 11.4 Å². The van der Waals surface area contributed by atoms with Gasteiger partial charge in [-0.15, -0.1) is 24.0 Å². The predicted octanol–water partition coefficient (Wildman–Crippen LogP) is 2.55. The lowest BCUT2D eigenvalue weighted by atomic mass is 10.1. The number of nitrogens with zero attached hydrogens (tertiary/aromatic N) is 3. The van der Waals surface area contributed by atoms with Gasteiger partial charge in [-0.2, -0.15) is 5.10 Å². The summed E-state index contributed by atoms with van der Waals surface area (Å²) in [5.74, 6) is 1.56. The minimum Gasteiger partial charge on any atom is -0.352 e. The van der Waals surface area contributed by atoms with E-state index in [0.717, 1.165) is 22.9 Å². The topological polar surface area (TPSA) is 78.0 Å². The molecular formula is C15H23IN6. The zero-order valence-corrected chi connectivity index (χ0v) is 15.7. The average molecular weight is 414 g/mol. The van der Waals surface area contributed by atoms with E-state index >= 15 is 0 Å². The molecule has 1 heterocycles. The zero-order chi connectivity index (χ0) is 15.3. The Hall–Kier alpha value is -1.64. The molecule has 3 N–H and O–H groups in total. The number of H-pyrrole nitrogens is 1. The molecule has 0 aliphatic heterocycles. The van der Waals surface area contributed by atoms with Gasteiger partial charge in [-0.3, -0.25) is 10.1 Å². The molecule has 0 amide bonds. The van der Waals surface area contributed by atoms with Gasteiger partial charge in [0.2, 0.25) is 0 Å². The molecule has 2 rings (SSSR count). The Kier molecular flexibility index (Phi) is 6.79. The Morgan fingerprint density at radius 3 is 2.68 bits per heavy atom. The highest BCUT2D eigenvalue weighted by Gasteiger charge is 2.11. The number of rotatable bonds is 3. The van der Waals surface area contributed by atoms with Gasteiger partial charge in [0.15, 0.2) is 11.8 Å². The number of hydrogen-bond acceptors (Lipinski definition) is 3. The average Bonchev–Trinajstić information content (AvgIpc) is 2.96. The first-order valence-electron chi connectivity index (χ1n) is 6.91. The lowest BCUT2D eigenvalue weighted by Crippen LogP contribution is -2.47. The fraction of sp³-hybridized carbons (Fsp3) is 0.400. The molecule has 2 aromatic rings. The molecule has 1 aromatic carbocycles. The number of guanidine groups is 1. The number of aliphatic imine (C=N–C) groups is 1. The molecule has 0 unspecified atom stereocenters. The van der Waals surface area contributed by atoms with Gasteiger partial charge in [-0.25, -0.2) is 4.98 Å². The summed E-state index contributed by atoms with van der Waals surface area (Å²) in [5, 5.41) is 13.4. The summed E-state index contributed by atoms with van der Waals surface area (Å²) in [5.41, 5.74) is 2.15. The Balaban J connectivity index is 0.00000242. The number of halogens is 1. The summed E-state index contributed by atoms with van der Waals surface area (Å²) in [6.07, 6.45) is 1.51. The van der Waals surface area contributed by atoms with E-state index in [1.807, 2.05) is 12.1 Å². The van der Waals surface area contributed by atoms with E-state index in [0.29, 0.717) is 6.54 Å². The van der Waals surface area contributed by atoms with Gasteiger partial charge < -0.3 is 10.6 Å². The highest BCUT2D eigenvalue weighted by atomic mass is 127. The van der Waals surface area contributed by atoms with Crippen molar-refractivity contribution < 1.29 is 0 Å². The minimum atomic E-state index is -0.0243. The fourth-order valence-corrected chi connectivity index (χ4v) is 1.89. The fourth-order valence-electron chi connectivity index (χ4n) is 1.89. The molecule has 120 valence electrons. The quantitative estimate of drug-likeness (QED) is 0.410. The predicted molar refractivity (Wildman–Crippen MR) is 100 cm³/mol. The number of aromatic nitrogens is 3. The molecule has 0 bridgehead atoms. The van der Waals surface area contributed by atoms with Crippen LogP contribution in [0.5, 0.6) is 0 Å². The summed E-state index contributed by atoms with van der Waals surface area (Å²) in [7, 11) is 1.77. The van der Waals surface area contributed by atoms with E-state index in [2.05, 4.69) is 63.7 Å². The molecule has 6 nitrogen and oxygen atoms in total. The van der Waals surface area contributed by atoms with Crippen LogP contribution < -0.4 is 10.6 Å². The first-order valence-corrected chi connectivity index (χ1v) is 6.91. The van der Waals surface area contributed by atoms with Crippen LogP contribution in [-0.2, 0) is 6.54 Å². The molecule has 0 saturated carbocycles. The van der Waals surface area contributed by atoms with E-state index in [1.54, 1.807) is 7.05 Å². The molecule has 22 heavy (non-hydrogen) atoms. The van der Waals surface area contributed by atoms with Gasteiger partial charge >= 0.3 is 0 Å². The smallest absolute Gasteiger partial charge is 0.191 e. The largest absolute Gasteiger partial charge is 0.352 e. The molecule has 0 atom stereocenters. The summed E-state index contributed by atoms with van der Waals surface area (Å²) < 4.78 is 0. The van der Waals surface area contributed by atoms with Crippen molar-refractivity contribution >= 4 is 29.9 Å². The van der Waals surface area contributed by atoms with E-state index < -0.39 is 0 Å². The molecule has 0 radical (unpaired) electrons. The second kappa shape index (κ2) is 8.11. The van der Waals surface area contributed by atoms with Crippen molar-refractivity contribution in [2.75, 3.05) is 7.05 Å². The van der Waals surface area contributed by atoms with Crippen LogP contribution in [0, 0.1) is 0 Å². The number of hydrogen-bond donors (Lipinski definition) is 3. The zero-order valence-electron chi connectivity index (χ0n) is 13.3. The van der Waals surface area contributed by atoms with Crippen molar-refractivity contribution in [1.29, 1.82) is 0 Å². The summed E-state index contributed by atoms with van der Waals surface area (Å²) in [4.78, 5) is 8.39. The van der Waals surface area contributed by atoms with Crippen LogP contribution in [0.3, 0.4) is 0 Å². The lowest BCUT2D eigenvalue weighted by molar-refractivity contribution is 0.501. The van der Waals surface area contributed by atoms with Gasteiger partial charge in [0.1, 0.15) is 6.33 Å². The summed E-state index contributed by atoms with van der Waals surface area (Å²) in [6.45, 7) is 7.00. The van der Waals surface area contributed by atoms with Crippen LogP contribution in [-0.4, -0.2) is 33.7 Å². The molecule has 1 aromatic heterocycles. The van der Waals surface area contributed by atoms with Crippen LogP contribution in [0.15, 0.2) is 35.6 Å². The normalized spacial score (nSPS) is 11.7. The van der Waals surface area contributed by atoms with Crippen molar-refractivity contribution in [2.24, 2.45) is 4.99 Å². The third kappa shape index (κ3) is 5.63. The first-order chi connectivity index (χ1) is 9.98. The van der Waals surface area contributed by atoms with Gasteiger partial charge in [0.25, 0.3) is 0 Å². The highest BCUT2D eigenvalue weighted by molar-refractivity contribution is 14.0. The van der Waals surface area contributed by atoms with Crippen molar-refractivity contribution in [1.82, 2.24) is 25.8 Å². The lowest BCUT2D eigenvalue weighted by Gasteiger charge is -2.23. The summed E-state index contributed by atoms with van der Waals surface area (Å²) in [6, 6.07) is 8.16. The van der Waals surface area contributed by atoms with Crippen molar-refractivity contribution in [2.45, 2.75) is 32.9 Å². The minimum absolute atomic E-state index is 0. The number of benzene rings is 1. The molecule has 7 heteroatoms.